The number of amides is 2. The van der Waals surface area contributed by atoms with Gasteiger partial charge in [-0.05, 0) is 37.1 Å². The maximum absolute atomic E-state index is 12.8. The molecule has 0 radical (unpaired) electrons. The maximum atomic E-state index is 12.8. The smallest absolute Gasteiger partial charge is 0.274 e. The van der Waals surface area contributed by atoms with E-state index in [2.05, 4.69) is 25.5 Å². The Kier molecular flexibility index (Phi) is 5.69. The topological polar surface area (TPSA) is 113 Å². The molecular weight excluding hydrogens is 384 g/mol. The highest BCUT2D eigenvalue weighted by Crippen LogP contribution is 2.23. The summed E-state index contributed by atoms with van der Waals surface area (Å²) in [7, 11) is 1.56. The molecule has 30 heavy (non-hydrogen) atoms. The molecule has 1 fully saturated rings. The summed E-state index contributed by atoms with van der Waals surface area (Å²) in [5.74, 6) is 0.681. The van der Waals surface area contributed by atoms with Crippen molar-refractivity contribution in [1.29, 1.82) is 0 Å². The quantitative estimate of drug-likeness (QED) is 0.673. The van der Waals surface area contributed by atoms with Gasteiger partial charge in [0, 0.05) is 49.2 Å². The molecule has 9 heteroatoms. The van der Waals surface area contributed by atoms with Crippen molar-refractivity contribution in [3.8, 4) is 17.0 Å². The molecule has 9 nitrogen and oxygen atoms in total. The van der Waals surface area contributed by atoms with Crippen LogP contribution in [0.2, 0.25) is 0 Å². The van der Waals surface area contributed by atoms with Gasteiger partial charge in [0.1, 0.15) is 11.6 Å². The van der Waals surface area contributed by atoms with E-state index in [0.717, 1.165) is 11.3 Å². The normalized spacial score (nSPS) is 14.4. The van der Waals surface area contributed by atoms with Crippen molar-refractivity contribution in [3.05, 3.63) is 54.6 Å². The second-order valence-corrected chi connectivity index (χ2v) is 7.04. The molecule has 0 atom stereocenters. The summed E-state index contributed by atoms with van der Waals surface area (Å²) in [6, 6.07) is 8.83. The number of pyridine rings is 2. The summed E-state index contributed by atoms with van der Waals surface area (Å²) in [4.78, 5) is 35.2. The van der Waals surface area contributed by atoms with E-state index in [1.165, 1.54) is 0 Å². The van der Waals surface area contributed by atoms with Gasteiger partial charge in [0.15, 0.2) is 5.69 Å². The number of likely N-dealkylation sites (tertiary alicyclic amines) is 1. The lowest BCUT2D eigenvalue weighted by atomic mass is 9.95. The van der Waals surface area contributed by atoms with Gasteiger partial charge in [-0.1, -0.05) is 0 Å². The summed E-state index contributed by atoms with van der Waals surface area (Å²) in [5, 5.41) is 9.88. The van der Waals surface area contributed by atoms with Crippen LogP contribution in [0.3, 0.4) is 0 Å². The summed E-state index contributed by atoms with van der Waals surface area (Å²) in [5.41, 5.74) is 2.05. The monoisotopic (exact) mass is 406 g/mol. The van der Waals surface area contributed by atoms with Crippen molar-refractivity contribution >= 4 is 17.6 Å². The van der Waals surface area contributed by atoms with Gasteiger partial charge in [0.25, 0.3) is 5.91 Å². The summed E-state index contributed by atoms with van der Waals surface area (Å²) in [6.07, 6.45) is 6.13. The van der Waals surface area contributed by atoms with E-state index in [4.69, 9.17) is 4.74 Å². The lowest BCUT2D eigenvalue weighted by Crippen LogP contribution is -2.41. The Hall–Kier alpha value is -3.75. The number of nitrogens with one attached hydrogen (secondary N) is 2. The van der Waals surface area contributed by atoms with Gasteiger partial charge in [0.05, 0.1) is 12.8 Å². The molecule has 3 aromatic heterocycles. The number of H-pyrrole nitrogens is 1. The molecule has 0 bridgehead atoms. The van der Waals surface area contributed by atoms with E-state index in [0.29, 0.717) is 43.2 Å². The summed E-state index contributed by atoms with van der Waals surface area (Å²) < 4.78 is 5.15. The van der Waals surface area contributed by atoms with Gasteiger partial charge in [0.2, 0.25) is 5.91 Å². The van der Waals surface area contributed by atoms with Crippen molar-refractivity contribution in [2.24, 2.45) is 5.92 Å². The molecule has 0 saturated carbocycles. The van der Waals surface area contributed by atoms with Crippen molar-refractivity contribution < 1.29 is 14.3 Å². The number of piperidine rings is 1. The second kappa shape index (κ2) is 8.73. The predicted molar refractivity (Wildman–Crippen MR) is 110 cm³/mol. The lowest BCUT2D eigenvalue weighted by Gasteiger charge is -2.30. The maximum Gasteiger partial charge on any atom is 0.274 e. The highest BCUT2D eigenvalue weighted by atomic mass is 16.5. The Labute approximate surface area is 173 Å². The van der Waals surface area contributed by atoms with E-state index in [9.17, 15) is 9.59 Å². The molecule has 2 N–H and O–H groups in total. The van der Waals surface area contributed by atoms with Crippen molar-refractivity contribution in [3.63, 3.8) is 0 Å². The molecule has 2 amide bonds. The Morgan fingerprint density at radius 2 is 1.90 bits per heavy atom. The van der Waals surface area contributed by atoms with Crippen LogP contribution in [-0.2, 0) is 4.79 Å². The first-order chi connectivity index (χ1) is 14.6. The van der Waals surface area contributed by atoms with E-state index in [1.54, 1.807) is 48.8 Å². The third kappa shape index (κ3) is 4.29. The molecule has 0 unspecified atom stereocenters. The number of rotatable bonds is 5. The van der Waals surface area contributed by atoms with Crippen molar-refractivity contribution in [2.75, 3.05) is 25.5 Å². The zero-order chi connectivity index (χ0) is 20.9. The highest BCUT2D eigenvalue weighted by Gasteiger charge is 2.29. The van der Waals surface area contributed by atoms with Gasteiger partial charge < -0.3 is 15.0 Å². The molecule has 154 valence electrons. The zero-order valence-corrected chi connectivity index (χ0v) is 16.5. The minimum absolute atomic E-state index is 0.0948. The van der Waals surface area contributed by atoms with Crippen molar-refractivity contribution in [2.45, 2.75) is 12.8 Å². The fourth-order valence-corrected chi connectivity index (χ4v) is 3.45. The number of hydrogen-bond acceptors (Lipinski definition) is 6. The van der Waals surface area contributed by atoms with Gasteiger partial charge in [-0.2, -0.15) is 5.10 Å². The van der Waals surface area contributed by atoms with E-state index in [1.807, 2.05) is 12.1 Å². The van der Waals surface area contributed by atoms with E-state index >= 15 is 0 Å². The largest absolute Gasteiger partial charge is 0.497 e. The Morgan fingerprint density at radius 3 is 2.63 bits per heavy atom. The second-order valence-electron chi connectivity index (χ2n) is 7.04. The van der Waals surface area contributed by atoms with Gasteiger partial charge in [-0.3, -0.25) is 19.7 Å². The molecular formula is C21H22N6O3. The number of aromatic amines is 1. The van der Waals surface area contributed by atoms with Crippen LogP contribution in [0.25, 0.3) is 11.3 Å². The average Bonchev–Trinajstić information content (AvgIpc) is 3.30. The fraction of sp³-hybridized carbons (Fsp3) is 0.286. The van der Waals surface area contributed by atoms with Gasteiger partial charge in [-0.25, -0.2) is 4.98 Å². The molecule has 0 aromatic carbocycles. The molecule has 0 spiro atoms. The fourth-order valence-electron chi connectivity index (χ4n) is 3.45. The summed E-state index contributed by atoms with van der Waals surface area (Å²) in [6.45, 7) is 1.000. The number of hydrogen-bond donors (Lipinski definition) is 2. The third-order valence-electron chi connectivity index (χ3n) is 5.16. The van der Waals surface area contributed by atoms with Crippen LogP contribution in [0.5, 0.6) is 5.75 Å². The number of ether oxygens (including phenoxy) is 1. The molecule has 4 rings (SSSR count). The Morgan fingerprint density at radius 1 is 1.13 bits per heavy atom. The number of anilines is 1. The van der Waals surface area contributed by atoms with Gasteiger partial charge >= 0.3 is 0 Å². The first-order valence-corrected chi connectivity index (χ1v) is 9.70. The number of methoxy groups -OCH3 is 1. The third-order valence-corrected chi connectivity index (χ3v) is 5.16. The molecule has 4 heterocycles. The standard InChI is InChI=1S/C21H22N6O3/c1-30-16-4-9-23-19(12-16)24-20(28)15-5-10-27(11-6-15)21(29)18-13-17(25-26-18)14-2-7-22-8-3-14/h2-4,7-9,12-13,15H,5-6,10-11H2,1H3,(H,25,26)(H,23,24,28). The van der Waals surface area contributed by atoms with Crippen LogP contribution >= 0.6 is 0 Å². The first kappa shape index (κ1) is 19.6. The first-order valence-electron chi connectivity index (χ1n) is 9.70. The van der Waals surface area contributed by atoms with Crippen LogP contribution in [0.4, 0.5) is 5.82 Å². The van der Waals surface area contributed by atoms with Crippen LogP contribution in [0.1, 0.15) is 23.3 Å². The van der Waals surface area contributed by atoms with Crippen LogP contribution < -0.4 is 10.1 Å². The van der Waals surface area contributed by atoms with E-state index in [-0.39, 0.29) is 17.7 Å². The molecule has 0 aliphatic carbocycles. The number of carbonyl (C=O) groups excluding carboxylic acids is 2. The van der Waals surface area contributed by atoms with Crippen LogP contribution in [0, 0.1) is 5.92 Å². The Bertz CT molecular complexity index is 1030. The minimum Gasteiger partial charge on any atom is -0.497 e. The Balaban J connectivity index is 1.33. The molecule has 1 saturated heterocycles. The van der Waals surface area contributed by atoms with E-state index < -0.39 is 0 Å². The molecule has 3 aromatic rings. The SMILES string of the molecule is COc1ccnc(NC(=O)C2CCN(C(=O)c3cc(-c4ccncc4)[nH]n3)CC2)c1. The lowest BCUT2D eigenvalue weighted by molar-refractivity contribution is -0.121. The van der Waals surface area contributed by atoms with Crippen molar-refractivity contribution in [1.82, 2.24) is 25.1 Å². The number of carbonyl (C=O) groups is 2. The van der Waals surface area contributed by atoms with Crippen LogP contribution in [-0.4, -0.2) is 57.1 Å². The highest BCUT2D eigenvalue weighted by molar-refractivity contribution is 5.94. The van der Waals surface area contributed by atoms with Crippen LogP contribution in [0.15, 0.2) is 48.9 Å². The summed E-state index contributed by atoms with van der Waals surface area (Å²) >= 11 is 0. The predicted octanol–water partition coefficient (Wildman–Crippen LogP) is 2.37. The van der Waals surface area contributed by atoms with Gasteiger partial charge in [-0.15, -0.1) is 0 Å². The molecule has 1 aliphatic heterocycles. The zero-order valence-electron chi connectivity index (χ0n) is 16.5. The minimum atomic E-state index is -0.173. The number of aromatic nitrogens is 4. The number of nitrogens with zero attached hydrogens (tertiary/aromatic N) is 4. The average molecular weight is 406 g/mol. The molecule has 1 aliphatic rings.